The SMILES string of the molecule is COc1ccc(-c2oncc2C(=O)NCc2ccccc2)cc1. The molecule has 0 saturated heterocycles. The summed E-state index contributed by atoms with van der Waals surface area (Å²) in [5, 5.41) is 6.62. The molecule has 0 radical (unpaired) electrons. The minimum absolute atomic E-state index is 0.221. The van der Waals surface area contributed by atoms with Crippen LogP contribution in [0.15, 0.2) is 65.3 Å². The van der Waals surface area contributed by atoms with Gasteiger partial charge in [0.05, 0.1) is 13.3 Å². The molecule has 1 amide bonds. The second kappa shape index (κ2) is 6.79. The number of ether oxygens (including phenoxy) is 1. The Hall–Kier alpha value is -3.08. The van der Waals surface area contributed by atoms with Crippen LogP contribution in [0, 0.1) is 0 Å². The van der Waals surface area contributed by atoms with Gasteiger partial charge in [-0.2, -0.15) is 0 Å². The highest BCUT2D eigenvalue weighted by molar-refractivity contribution is 5.99. The van der Waals surface area contributed by atoms with Crippen LogP contribution in [-0.2, 0) is 6.54 Å². The number of carbonyl (C=O) groups is 1. The summed E-state index contributed by atoms with van der Waals surface area (Å²) in [4.78, 5) is 12.4. The van der Waals surface area contributed by atoms with Gasteiger partial charge in [0.1, 0.15) is 11.3 Å². The molecule has 0 aliphatic carbocycles. The van der Waals surface area contributed by atoms with Gasteiger partial charge in [-0.15, -0.1) is 0 Å². The number of carbonyl (C=O) groups excluding carboxylic acids is 1. The fraction of sp³-hybridized carbons (Fsp3) is 0.111. The number of methoxy groups -OCH3 is 1. The Morgan fingerprint density at radius 2 is 1.87 bits per heavy atom. The molecule has 0 unspecified atom stereocenters. The third-order valence-electron chi connectivity index (χ3n) is 3.46. The van der Waals surface area contributed by atoms with Crippen molar-refractivity contribution in [1.82, 2.24) is 10.5 Å². The molecular formula is C18H16N2O3. The van der Waals surface area contributed by atoms with E-state index < -0.39 is 0 Å². The smallest absolute Gasteiger partial charge is 0.257 e. The van der Waals surface area contributed by atoms with Crippen molar-refractivity contribution in [3.63, 3.8) is 0 Å². The molecule has 5 nitrogen and oxygen atoms in total. The fourth-order valence-electron chi connectivity index (χ4n) is 2.23. The summed E-state index contributed by atoms with van der Waals surface area (Å²) in [6, 6.07) is 17.0. The monoisotopic (exact) mass is 308 g/mol. The molecule has 0 fully saturated rings. The topological polar surface area (TPSA) is 64.4 Å². The summed E-state index contributed by atoms with van der Waals surface area (Å²) >= 11 is 0. The average molecular weight is 308 g/mol. The zero-order valence-corrected chi connectivity index (χ0v) is 12.7. The first-order valence-electron chi connectivity index (χ1n) is 7.19. The standard InChI is InChI=1S/C18H16N2O3/c1-22-15-9-7-14(8-10-15)17-16(12-20-23-17)18(21)19-11-13-5-3-2-4-6-13/h2-10,12H,11H2,1H3,(H,19,21). The van der Waals surface area contributed by atoms with E-state index in [1.807, 2.05) is 54.6 Å². The summed E-state index contributed by atoms with van der Waals surface area (Å²) in [7, 11) is 1.60. The fourth-order valence-corrected chi connectivity index (χ4v) is 2.23. The molecule has 23 heavy (non-hydrogen) atoms. The Bertz CT molecular complexity index is 780. The lowest BCUT2D eigenvalue weighted by atomic mass is 10.1. The van der Waals surface area contributed by atoms with Crippen LogP contribution in [0.25, 0.3) is 11.3 Å². The number of rotatable bonds is 5. The van der Waals surface area contributed by atoms with Crippen LogP contribution >= 0.6 is 0 Å². The number of aromatic nitrogens is 1. The van der Waals surface area contributed by atoms with Gasteiger partial charge in [0, 0.05) is 12.1 Å². The molecule has 2 aromatic carbocycles. The van der Waals surface area contributed by atoms with Crippen LogP contribution in [0.2, 0.25) is 0 Å². The Labute approximate surface area is 133 Å². The second-order valence-corrected chi connectivity index (χ2v) is 4.97. The number of amides is 1. The summed E-state index contributed by atoms with van der Waals surface area (Å²) in [6.07, 6.45) is 1.43. The summed E-state index contributed by atoms with van der Waals surface area (Å²) in [5.74, 6) is 0.961. The van der Waals surface area contributed by atoms with E-state index in [0.29, 0.717) is 17.9 Å². The van der Waals surface area contributed by atoms with Crippen molar-refractivity contribution in [2.24, 2.45) is 0 Å². The van der Waals surface area contributed by atoms with Crippen molar-refractivity contribution in [1.29, 1.82) is 0 Å². The summed E-state index contributed by atoms with van der Waals surface area (Å²) in [5.41, 5.74) is 2.21. The van der Waals surface area contributed by atoms with E-state index in [4.69, 9.17) is 9.26 Å². The van der Waals surface area contributed by atoms with Crippen LogP contribution < -0.4 is 10.1 Å². The molecule has 3 rings (SSSR count). The number of hydrogen-bond donors (Lipinski definition) is 1. The summed E-state index contributed by atoms with van der Waals surface area (Å²) in [6.45, 7) is 0.451. The Kier molecular flexibility index (Phi) is 4.38. The van der Waals surface area contributed by atoms with Gasteiger partial charge in [-0.05, 0) is 29.8 Å². The molecule has 0 aliphatic rings. The lowest BCUT2D eigenvalue weighted by molar-refractivity contribution is 0.0951. The third kappa shape index (κ3) is 3.40. The average Bonchev–Trinajstić information content (AvgIpc) is 3.10. The number of nitrogens with zero attached hydrogens (tertiary/aromatic N) is 1. The zero-order chi connectivity index (χ0) is 16.1. The first-order chi connectivity index (χ1) is 11.3. The van der Waals surface area contributed by atoms with Crippen molar-refractivity contribution < 1.29 is 14.1 Å². The first-order valence-corrected chi connectivity index (χ1v) is 7.19. The lowest BCUT2D eigenvalue weighted by Crippen LogP contribution is -2.22. The normalized spacial score (nSPS) is 10.3. The molecule has 0 bridgehead atoms. The molecule has 0 spiro atoms. The molecule has 1 heterocycles. The van der Waals surface area contributed by atoms with E-state index in [1.54, 1.807) is 7.11 Å². The maximum Gasteiger partial charge on any atom is 0.257 e. The lowest BCUT2D eigenvalue weighted by Gasteiger charge is -2.05. The maximum atomic E-state index is 12.4. The summed E-state index contributed by atoms with van der Waals surface area (Å²) < 4.78 is 10.4. The number of hydrogen-bond acceptors (Lipinski definition) is 4. The molecule has 0 atom stereocenters. The number of benzene rings is 2. The van der Waals surface area contributed by atoms with Gasteiger partial charge in [-0.25, -0.2) is 0 Å². The third-order valence-corrected chi connectivity index (χ3v) is 3.46. The van der Waals surface area contributed by atoms with E-state index >= 15 is 0 Å². The van der Waals surface area contributed by atoms with Crippen molar-refractivity contribution >= 4 is 5.91 Å². The van der Waals surface area contributed by atoms with E-state index in [0.717, 1.165) is 16.9 Å². The largest absolute Gasteiger partial charge is 0.497 e. The predicted molar refractivity (Wildman–Crippen MR) is 86.1 cm³/mol. The highest BCUT2D eigenvalue weighted by Crippen LogP contribution is 2.25. The molecule has 116 valence electrons. The van der Waals surface area contributed by atoms with Gasteiger partial charge in [-0.1, -0.05) is 35.5 Å². The van der Waals surface area contributed by atoms with E-state index in [-0.39, 0.29) is 5.91 Å². The van der Waals surface area contributed by atoms with Crippen LogP contribution in [0.5, 0.6) is 5.75 Å². The quantitative estimate of drug-likeness (QED) is 0.785. The molecular weight excluding hydrogens is 292 g/mol. The zero-order valence-electron chi connectivity index (χ0n) is 12.7. The van der Waals surface area contributed by atoms with E-state index in [1.165, 1.54) is 6.20 Å². The minimum Gasteiger partial charge on any atom is -0.497 e. The van der Waals surface area contributed by atoms with Crippen LogP contribution in [0.1, 0.15) is 15.9 Å². The Morgan fingerprint density at radius 3 is 2.57 bits per heavy atom. The Morgan fingerprint density at radius 1 is 1.13 bits per heavy atom. The van der Waals surface area contributed by atoms with Crippen molar-refractivity contribution in [3.05, 3.63) is 71.9 Å². The van der Waals surface area contributed by atoms with Crippen LogP contribution in [0.4, 0.5) is 0 Å². The molecule has 1 N–H and O–H groups in total. The van der Waals surface area contributed by atoms with Crippen LogP contribution in [0.3, 0.4) is 0 Å². The maximum absolute atomic E-state index is 12.4. The van der Waals surface area contributed by atoms with Crippen molar-refractivity contribution in [2.45, 2.75) is 6.54 Å². The number of nitrogens with one attached hydrogen (secondary N) is 1. The van der Waals surface area contributed by atoms with Crippen molar-refractivity contribution in [3.8, 4) is 17.1 Å². The molecule has 5 heteroatoms. The van der Waals surface area contributed by atoms with Crippen molar-refractivity contribution in [2.75, 3.05) is 7.11 Å². The molecule has 0 saturated carbocycles. The molecule has 1 aromatic heterocycles. The second-order valence-electron chi connectivity index (χ2n) is 4.97. The predicted octanol–water partition coefficient (Wildman–Crippen LogP) is 3.28. The van der Waals surface area contributed by atoms with Gasteiger partial charge < -0.3 is 14.6 Å². The minimum atomic E-state index is -0.221. The van der Waals surface area contributed by atoms with Gasteiger partial charge in [0.25, 0.3) is 5.91 Å². The Balaban J connectivity index is 1.75. The highest BCUT2D eigenvalue weighted by atomic mass is 16.5. The molecule has 3 aromatic rings. The van der Waals surface area contributed by atoms with Gasteiger partial charge >= 0.3 is 0 Å². The van der Waals surface area contributed by atoms with E-state index in [2.05, 4.69) is 10.5 Å². The van der Waals surface area contributed by atoms with Gasteiger partial charge in [0.2, 0.25) is 0 Å². The highest BCUT2D eigenvalue weighted by Gasteiger charge is 2.17. The van der Waals surface area contributed by atoms with Gasteiger partial charge in [-0.3, -0.25) is 4.79 Å². The first kappa shape index (κ1) is 14.8. The molecule has 0 aliphatic heterocycles. The van der Waals surface area contributed by atoms with Gasteiger partial charge in [0.15, 0.2) is 5.76 Å². The van der Waals surface area contributed by atoms with Crippen LogP contribution in [-0.4, -0.2) is 18.2 Å². The van der Waals surface area contributed by atoms with E-state index in [9.17, 15) is 4.79 Å².